The van der Waals surface area contributed by atoms with Gasteiger partial charge in [0.2, 0.25) is 0 Å². The molecule has 0 atom stereocenters. The SMILES string of the molecule is CC=CC(=O)CCCI. The zero-order chi connectivity index (χ0) is 7.11. The highest BCUT2D eigenvalue weighted by Crippen LogP contribution is 1.95. The largest absolute Gasteiger partial charge is 0.295 e. The fraction of sp³-hybridized carbons (Fsp3) is 0.571. The summed E-state index contributed by atoms with van der Waals surface area (Å²) in [5.74, 6) is 0.245. The second kappa shape index (κ2) is 6.26. The van der Waals surface area contributed by atoms with Crippen molar-refractivity contribution in [3.8, 4) is 0 Å². The molecule has 0 aliphatic heterocycles. The molecule has 2 heteroatoms. The zero-order valence-electron chi connectivity index (χ0n) is 5.56. The fourth-order valence-electron chi connectivity index (χ4n) is 0.510. The molecule has 0 rings (SSSR count). The Morgan fingerprint density at radius 2 is 2.33 bits per heavy atom. The van der Waals surface area contributed by atoms with Crippen LogP contribution >= 0.6 is 22.6 Å². The molecule has 0 aromatic heterocycles. The lowest BCUT2D eigenvalue weighted by Crippen LogP contribution is -1.91. The van der Waals surface area contributed by atoms with Crippen molar-refractivity contribution >= 4 is 28.4 Å². The van der Waals surface area contributed by atoms with Crippen molar-refractivity contribution in [3.63, 3.8) is 0 Å². The van der Waals surface area contributed by atoms with Gasteiger partial charge in [0.1, 0.15) is 0 Å². The van der Waals surface area contributed by atoms with E-state index in [2.05, 4.69) is 22.6 Å². The van der Waals surface area contributed by atoms with Crippen molar-refractivity contribution in [1.29, 1.82) is 0 Å². The number of carbonyl (C=O) groups is 1. The van der Waals surface area contributed by atoms with E-state index in [0.717, 1.165) is 10.8 Å². The van der Waals surface area contributed by atoms with Gasteiger partial charge in [0.25, 0.3) is 0 Å². The molecule has 0 aromatic rings. The molecular formula is C7H11IO. The van der Waals surface area contributed by atoms with E-state index in [1.165, 1.54) is 0 Å². The van der Waals surface area contributed by atoms with Gasteiger partial charge in [-0.05, 0) is 23.8 Å². The minimum absolute atomic E-state index is 0.245. The summed E-state index contributed by atoms with van der Waals surface area (Å²) in [6.07, 6.45) is 5.12. The van der Waals surface area contributed by atoms with Gasteiger partial charge in [-0.2, -0.15) is 0 Å². The number of rotatable bonds is 4. The topological polar surface area (TPSA) is 17.1 Å². The van der Waals surface area contributed by atoms with Crippen molar-refractivity contribution in [2.75, 3.05) is 4.43 Å². The average molecular weight is 238 g/mol. The molecule has 0 fully saturated rings. The first kappa shape index (κ1) is 9.14. The number of alkyl halides is 1. The number of hydrogen-bond donors (Lipinski definition) is 0. The summed E-state index contributed by atoms with van der Waals surface area (Å²) in [6.45, 7) is 1.86. The maximum Gasteiger partial charge on any atom is 0.155 e. The molecule has 52 valence electrons. The van der Waals surface area contributed by atoms with Gasteiger partial charge in [-0.1, -0.05) is 28.7 Å². The maximum atomic E-state index is 10.7. The van der Waals surface area contributed by atoms with Crippen molar-refractivity contribution in [1.82, 2.24) is 0 Å². The first-order valence-corrected chi connectivity index (χ1v) is 4.55. The minimum Gasteiger partial charge on any atom is -0.295 e. The second-order valence-corrected chi connectivity index (χ2v) is 2.84. The molecule has 0 unspecified atom stereocenters. The lowest BCUT2D eigenvalue weighted by molar-refractivity contribution is -0.114. The Balaban J connectivity index is 3.27. The molecule has 1 nitrogen and oxygen atoms in total. The summed E-state index contributed by atoms with van der Waals surface area (Å²) in [7, 11) is 0. The Labute approximate surface area is 69.7 Å². The summed E-state index contributed by atoms with van der Waals surface area (Å²) in [6, 6.07) is 0. The first-order valence-electron chi connectivity index (χ1n) is 3.02. The van der Waals surface area contributed by atoms with Crippen molar-refractivity contribution < 1.29 is 4.79 Å². The molecule has 0 saturated heterocycles. The molecule has 0 saturated carbocycles. The predicted octanol–water partition coefficient (Wildman–Crippen LogP) is 2.35. The Hall–Kier alpha value is 0.140. The van der Waals surface area contributed by atoms with E-state index < -0.39 is 0 Å². The van der Waals surface area contributed by atoms with Gasteiger partial charge in [-0.15, -0.1) is 0 Å². The Bertz CT molecular complexity index is 107. The fourth-order valence-corrected chi connectivity index (χ4v) is 0.892. The van der Waals surface area contributed by atoms with Gasteiger partial charge < -0.3 is 0 Å². The minimum atomic E-state index is 0.245. The highest BCUT2D eigenvalue weighted by atomic mass is 127. The van der Waals surface area contributed by atoms with Crippen LogP contribution in [0.1, 0.15) is 19.8 Å². The third-order valence-electron chi connectivity index (χ3n) is 0.909. The lowest BCUT2D eigenvalue weighted by atomic mass is 10.2. The van der Waals surface area contributed by atoms with E-state index in [-0.39, 0.29) is 5.78 Å². The van der Waals surface area contributed by atoms with Gasteiger partial charge >= 0.3 is 0 Å². The number of ketones is 1. The van der Waals surface area contributed by atoms with Gasteiger partial charge in [0.15, 0.2) is 5.78 Å². The van der Waals surface area contributed by atoms with E-state index in [1.807, 2.05) is 6.92 Å². The van der Waals surface area contributed by atoms with Crippen molar-refractivity contribution in [2.24, 2.45) is 0 Å². The van der Waals surface area contributed by atoms with Gasteiger partial charge in [-0.25, -0.2) is 0 Å². The highest BCUT2D eigenvalue weighted by molar-refractivity contribution is 14.1. The van der Waals surface area contributed by atoms with E-state index in [4.69, 9.17) is 0 Å². The number of halogens is 1. The zero-order valence-corrected chi connectivity index (χ0v) is 7.72. The van der Waals surface area contributed by atoms with E-state index in [9.17, 15) is 4.79 Å². The van der Waals surface area contributed by atoms with Crippen LogP contribution in [0.5, 0.6) is 0 Å². The molecule has 0 amide bonds. The Morgan fingerprint density at radius 3 is 2.78 bits per heavy atom. The summed E-state index contributed by atoms with van der Waals surface area (Å²) in [5.41, 5.74) is 0. The van der Waals surface area contributed by atoms with Gasteiger partial charge in [-0.3, -0.25) is 4.79 Å². The monoisotopic (exact) mass is 238 g/mol. The molecule has 0 radical (unpaired) electrons. The summed E-state index contributed by atoms with van der Waals surface area (Å²) in [5, 5.41) is 0. The summed E-state index contributed by atoms with van der Waals surface area (Å²) >= 11 is 2.27. The van der Waals surface area contributed by atoms with Crippen LogP contribution in [0.15, 0.2) is 12.2 Å². The standard InChI is InChI=1S/C7H11IO/c1-2-4-7(9)5-3-6-8/h2,4H,3,5-6H2,1H3. The number of hydrogen-bond acceptors (Lipinski definition) is 1. The van der Waals surface area contributed by atoms with Gasteiger partial charge in [0.05, 0.1) is 0 Å². The van der Waals surface area contributed by atoms with Gasteiger partial charge in [0, 0.05) is 6.42 Å². The van der Waals surface area contributed by atoms with Crippen LogP contribution in [0.3, 0.4) is 0 Å². The molecule has 0 aliphatic rings. The lowest BCUT2D eigenvalue weighted by Gasteiger charge is -1.88. The van der Waals surface area contributed by atoms with Crippen LogP contribution in [0.2, 0.25) is 0 Å². The van der Waals surface area contributed by atoms with E-state index in [1.54, 1.807) is 12.2 Å². The summed E-state index contributed by atoms with van der Waals surface area (Å²) in [4.78, 5) is 10.7. The van der Waals surface area contributed by atoms with Crippen molar-refractivity contribution in [2.45, 2.75) is 19.8 Å². The van der Waals surface area contributed by atoms with E-state index in [0.29, 0.717) is 6.42 Å². The molecule has 0 aromatic carbocycles. The maximum absolute atomic E-state index is 10.7. The van der Waals surface area contributed by atoms with Crippen LogP contribution in [0, 0.1) is 0 Å². The molecular weight excluding hydrogens is 227 g/mol. The molecule has 9 heavy (non-hydrogen) atoms. The number of allylic oxidation sites excluding steroid dienone is 2. The predicted molar refractivity (Wildman–Crippen MR) is 47.9 cm³/mol. The van der Waals surface area contributed by atoms with Crippen LogP contribution < -0.4 is 0 Å². The highest BCUT2D eigenvalue weighted by Gasteiger charge is 1.92. The average Bonchev–Trinajstić information content (AvgIpc) is 1.85. The smallest absolute Gasteiger partial charge is 0.155 e. The third kappa shape index (κ3) is 6.02. The molecule has 0 N–H and O–H groups in total. The van der Waals surface area contributed by atoms with Crippen LogP contribution in [0.25, 0.3) is 0 Å². The Kier molecular flexibility index (Phi) is 6.36. The normalized spacial score (nSPS) is 10.4. The molecule has 0 aliphatic carbocycles. The van der Waals surface area contributed by atoms with Crippen molar-refractivity contribution in [3.05, 3.63) is 12.2 Å². The van der Waals surface area contributed by atoms with E-state index >= 15 is 0 Å². The van der Waals surface area contributed by atoms with Crippen LogP contribution in [0.4, 0.5) is 0 Å². The van der Waals surface area contributed by atoms with Crippen LogP contribution in [-0.4, -0.2) is 10.2 Å². The summed E-state index contributed by atoms with van der Waals surface area (Å²) < 4.78 is 1.07. The first-order chi connectivity index (χ1) is 4.31. The quantitative estimate of drug-likeness (QED) is 0.417. The third-order valence-corrected chi connectivity index (χ3v) is 1.67. The molecule has 0 spiro atoms. The second-order valence-electron chi connectivity index (χ2n) is 1.76. The number of carbonyl (C=O) groups excluding carboxylic acids is 1. The van der Waals surface area contributed by atoms with Crippen LogP contribution in [-0.2, 0) is 4.79 Å². The molecule has 0 bridgehead atoms. The molecule has 0 heterocycles. The Morgan fingerprint density at radius 1 is 1.67 bits per heavy atom.